The molecule has 0 amide bonds. The Labute approximate surface area is 190 Å². The summed E-state index contributed by atoms with van der Waals surface area (Å²) in [7, 11) is 0. The third-order valence-corrected chi connectivity index (χ3v) is 4.86. The van der Waals surface area contributed by atoms with E-state index in [9.17, 15) is 18.3 Å². The Kier molecular flexibility index (Phi) is 6.96. The van der Waals surface area contributed by atoms with E-state index in [2.05, 4.69) is 33.5 Å². The molecular weight excluding hydrogens is 431 g/mol. The lowest BCUT2D eigenvalue weighted by atomic mass is 10.0. The molecular formula is C25H24F3N3O2. The Balaban J connectivity index is 2.01. The number of rotatable bonds is 6. The van der Waals surface area contributed by atoms with Crippen LogP contribution < -0.4 is 15.4 Å². The predicted molar refractivity (Wildman–Crippen MR) is 124 cm³/mol. The summed E-state index contributed by atoms with van der Waals surface area (Å²) in [4.78, 5) is 4.62. The van der Waals surface area contributed by atoms with Gasteiger partial charge in [-0.3, -0.25) is 0 Å². The molecule has 2 aromatic rings. The second-order valence-electron chi connectivity index (χ2n) is 7.37. The summed E-state index contributed by atoms with van der Waals surface area (Å²) in [6, 6.07) is 11.5. The number of allylic oxidation sites excluding steroid dienone is 4. The van der Waals surface area contributed by atoms with Gasteiger partial charge in [-0.25, -0.2) is 4.99 Å². The van der Waals surface area contributed by atoms with Crippen LogP contribution in [0.15, 0.2) is 95.9 Å². The molecule has 0 aliphatic carbocycles. The largest absolute Gasteiger partial charge is 0.573 e. The molecule has 0 saturated carbocycles. The molecule has 1 aliphatic rings. The van der Waals surface area contributed by atoms with Gasteiger partial charge in [0.1, 0.15) is 17.3 Å². The lowest BCUT2D eigenvalue weighted by Crippen LogP contribution is -2.30. The highest BCUT2D eigenvalue weighted by Gasteiger charge is 2.34. The van der Waals surface area contributed by atoms with Crippen molar-refractivity contribution in [3.63, 3.8) is 0 Å². The number of nitrogens with zero attached hydrogens (tertiary/aromatic N) is 1. The van der Waals surface area contributed by atoms with Crippen LogP contribution in [0.4, 0.5) is 18.9 Å². The second-order valence-corrected chi connectivity index (χ2v) is 7.37. The fourth-order valence-electron chi connectivity index (χ4n) is 3.36. The number of aliphatic hydroxyl groups is 1. The molecule has 0 bridgehead atoms. The number of hydrogen-bond donors (Lipinski definition) is 3. The monoisotopic (exact) mass is 455 g/mol. The quantitative estimate of drug-likeness (QED) is 0.346. The minimum atomic E-state index is -4.83. The van der Waals surface area contributed by atoms with Gasteiger partial charge in [-0.05, 0) is 49.3 Å². The molecule has 3 rings (SSSR count). The van der Waals surface area contributed by atoms with Crippen LogP contribution in [0, 0.1) is 6.92 Å². The molecule has 0 radical (unpaired) electrons. The summed E-state index contributed by atoms with van der Waals surface area (Å²) in [6.45, 7) is 11.1. The number of para-hydroxylation sites is 2. The van der Waals surface area contributed by atoms with Gasteiger partial charge in [0, 0.05) is 22.5 Å². The molecule has 0 saturated heterocycles. The van der Waals surface area contributed by atoms with Crippen molar-refractivity contribution in [3.8, 4) is 5.75 Å². The first-order valence-electron chi connectivity index (χ1n) is 10.0. The van der Waals surface area contributed by atoms with Crippen molar-refractivity contribution in [2.45, 2.75) is 26.4 Å². The third kappa shape index (κ3) is 5.85. The topological polar surface area (TPSA) is 65.9 Å². The maximum absolute atomic E-state index is 12.9. The average Bonchev–Trinajstić information content (AvgIpc) is 2.73. The smallest absolute Gasteiger partial charge is 0.508 e. The first-order chi connectivity index (χ1) is 15.6. The zero-order valence-electron chi connectivity index (χ0n) is 18.2. The molecule has 5 nitrogen and oxygen atoms in total. The number of nitrogens with one attached hydrogen (secondary N) is 2. The Hall–Kier alpha value is -3.94. The zero-order valence-corrected chi connectivity index (χ0v) is 18.2. The van der Waals surface area contributed by atoms with Crippen LogP contribution in [-0.4, -0.2) is 17.3 Å². The number of aryl methyl sites for hydroxylation is 1. The number of benzene rings is 2. The van der Waals surface area contributed by atoms with Gasteiger partial charge in [0.2, 0.25) is 0 Å². The number of aliphatic imine (C=N–C) groups is 1. The number of amidine groups is 1. The van der Waals surface area contributed by atoms with Crippen molar-refractivity contribution in [1.29, 1.82) is 0 Å². The number of alkyl halides is 3. The summed E-state index contributed by atoms with van der Waals surface area (Å²) < 4.78 is 43.0. The number of ether oxygens (including phenoxy) is 1. The van der Waals surface area contributed by atoms with E-state index in [0.29, 0.717) is 17.1 Å². The average molecular weight is 455 g/mol. The van der Waals surface area contributed by atoms with E-state index in [4.69, 9.17) is 0 Å². The van der Waals surface area contributed by atoms with Gasteiger partial charge in [-0.1, -0.05) is 49.6 Å². The first kappa shape index (κ1) is 23.7. The SMILES string of the molecule is C=C/C=C(O)/C(C)=C/C(=C)NC1=NC(c2ccccc2OC(F)(F)F)Nc2c(C)cccc21. The van der Waals surface area contributed by atoms with Crippen LogP contribution in [0.3, 0.4) is 0 Å². The third-order valence-electron chi connectivity index (χ3n) is 4.86. The van der Waals surface area contributed by atoms with Crippen LogP contribution in [0.25, 0.3) is 0 Å². The van der Waals surface area contributed by atoms with E-state index in [-0.39, 0.29) is 17.1 Å². The number of hydrogen-bond acceptors (Lipinski definition) is 5. The van der Waals surface area contributed by atoms with Gasteiger partial charge in [0.15, 0.2) is 6.17 Å². The summed E-state index contributed by atoms with van der Waals surface area (Å²) in [5.41, 5.74) is 3.56. The number of aliphatic hydroxyl groups excluding tert-OH is 1. The molecule has 0 fully saturated rings. The van der Waals surface area contributed by atoms with Crippen LogP contribution >= 0.6 is 0 Å². The van der Waals surface area contributed by atoms with Crippen LogP contribution in [0.1, 0.15) is 29.8 Å². The number of halogens is 3. The summed E-state index contributed by atoms with van der Waals surface area (Å²) in [6.07, 6.45) is -1.13. The van der Waals surface area contributed by atoms with Gasteiger partial charge in [0.05, 0.1) is 0 Å². The Morgan fingerprint density at radius 3 is 2.64 bits per heavy atom. The lowest BCUT2D eigenvalue weighted by molar-refractivity contribution is -0.274. The molecule has 172 valence electrons. The molecule has 1 heterocycles. The summed E-state index contributed by atoms with van der Waals surface area (Å²) in [5.74, 6) is 0.115. The second kappa shape index (κ2) is 9.68. The van der Waals surface area contributed by atoms with Gasteiger partial charge in [-0.2, -0.15) is 0 Å². The van der Waals surface area contributed by atoms with E-state index < -0.39 is 12.5 Å². The molecule has 0 aromatic heterocycles. The molecule has 8 heteroatoms. The highest BCUT2D eigenvalue weighted by molar-refractivity contribution is 6.06. The zero-order chi connectivity index (χ0) is 24.2. The molecule has 1 atom stereocenters. The fourth-order valence-corrected chi connectivity index (χ4v) is 3.36. The Morgan fingerprint density at radius 2 is 1.94 bits per heavy atom. The summed E-state index contributed by atoms with van der Waals surface area (Å²) >= 11 is 0. The first-order valence-corrected chi connectivity index (χ1v) is 10.0. The number of fused-ring (bicyclic) bond motifs is 1. The maximum atomic E-state index is 12.9. The van der Waals surface area contributed by atoms with Crippen LogP contribution in [0.2, 0.25) is 0 Å². The van der Waals surface area contributed by atoms with Gasteiger partial charge >= 0.3 is 6.36 Å². The highest BCUT2D eigenvalue weighted by Crippen LogP contribution is 2.37. The minimum Gasteiger partial charge on any atom is -0.508 e. The van der Waals surface area contributed by atoms with Gasteiger partial charge in [-0.15, -0.1) is 13.2 Å². The van der Waals surface area contributed by atoms with E-state index in [1.54, 1.807) is 19.1 Å². The molecule has 0 spiro atoms. The van der Waals surface area contributed by atoms with E-state index >= 15 is 0 Å². The molecule has 1 unspecified atom stereocenters. The molecule has 2 aromatic carbocycles. The standard InChI is InChI=1S/C25H24F3N3O2/c1-5-9-20(32)16(3)14-17(4)29-24-19-12-8-10-15(2)22(19)30-23(31-24)18-11-6-7-13-21(18)33-25(26,27)28/h5-14,23,30,32H,1,4H2,2-3H3,(H,29,31)/b16-14+,20-9-. The predicted octanol–water partition coefficient (Wildman–Crippen LogP) is 6.44. The Morgan fingerprint density at radius 1 is 1.21 bits per heavy atom. The van der Waals surface area contributed by atoms with Crippen molar-refractivity contribution >= 4 is 11.5 Å². The fraction of sp³-hybridized carbons (Fsp3) is 0.160. The minimum absolute atomic E-state index is 0.0348. The Bertz CT molecular complexity index is 1160. The van der Waals surface area contributed by atoms with Gasteiger partial charge < -0.3 is 20.5 Å². The molecule has 33 heavy (non-hydrogen) atoms. The lowest BCUT2D eigenvalue weighted by Gasteiger charge is -2.29. The van der Waals surface area contributed by atoms with E-state index in [1.165, 1.54) is 30.4 Å². The van der Waals surface area contributed by atoms with Crippen molar-refractivity contribution in [1.82, 2.24) is 5.32 Å². The van der Waals surface area contributed by atoms with Crippen molar-refractivity contribution < 1.29 is 23.0 Å². The highest BCUT2D eigenvalue weighted by atomic mass is 19.4. The van der Waals surface area contributed by atoms with Crippen LogP contribution in [0.5, 0.6) is 5.75 Å². The van der Waals surface area contributed by atoms with E-state index in [1.807, 2.05) is 25.1 Å². The van der Waals surface area contributed by atoms with Gasteiger partial charge in [0.25, 0.3) is 0 Å². The van der Waals surface area contributed by atoms with Crippen molar-refractivity contribution in [3.05, 3.63) is 108 Å². The summed E-state index contributed by atoms with van der Waals surface area (Å²) in [5, 5.41) is 16.3. The van der Waals surface area contributed by atoms with E-state index in [0.717, 1.165) is 16.8 Å². The van der Waals surface area contributed by atoms with Crippen LogP contribution in [-0.2, 0) is 0 Å². The molecule has 3 N–H and O–H groups in total. The van der Waals surface area contributed by atoms with Crippen molar-refractivity contribution in [2.75, 3.05) is 5.32 Å². The van der Waals surface area contributed by atoms with Crippen molar-refractivity contribution in [2.24, 2.45) is 4.99 Å². The number of anilines is 1. The maximum Gasteiger partial charge on any atom is 0.573 e. The molecule has 1 aliphatic heterocycles. The normalized spacial score (nSPS) is 16.3.